The molecule has 0 spiro atoms. The van der Waals surface area contributed by atoms with Crippen molar-refractivity contribution in [2.75, 3.05) is 0 Å². The molecule has 0 fully saturated rings. The monoisotopic (exact) mass is 578 g/mol. The minimum absolute atomic E-state index is 0. The Bertz CT molecular complexity index is 6.00. The van der Waals surface area contributed by atoms with Crippen LogP contribution in [0.25, 0.3) is 0 Å². The van der Waals surface area contributed by atoms with Gasteiger partial charge in [-0.3, -0.25) is 0 Å². The molecule has 0 aliphatic rings. The minimum atomic E-state index is 0. The van der Waals surface area contributed by atoms with Gasteiger partial charge in [0.25, 0.3) is 0 Å². The van der Waals surface area contributed by atoms with Crippen molar-refractivity contribution in [3.05, 3.63) is 0 Å². The molecule has 0 aromatic heterocycles. The first kappa shape index (κ1) is 26.3. The number of hydrogen-bond donors (Lipinski definition) is 0. The van der Waals surface area contributed by atoms with Crippen LogP contribution in [0.1, 0.15) is 0 Å². The van der Waals surface area contributed by atoms with E-state index in [1.54, 1.807) is 0 Å². The maximum absolute atomic E-state index is 0. The van der Waals surface area contributed by atoms with Gasteiger partial charge in [0.15, 0.2) is 0 Å². The van der Waals surface area contributed by atoms with Gasteiger partial charge in [0.2, 0.25) is 0 Å². The van der Waals surface area contributed by atoms with Gasteiger partial charge in [-0.2, -0.15) is 0 Å². The zero-order chi connectivity index (χ0) is 0. The third-order valence-electron chi connectivity index (χ3n) is 0. The van der Waals surface area contributed by atoms with Crippen LogP contribution in [-0.4, -0.2) is 101 Å². The Morgan fingerprint density at radius 1 is 0.750 bits per heavy atom. The fourth-order valence-electron chi connectivity index (χ4n) is 0. The molecule has 4 heavy (non-hydrogen) atoms. The molecule has 0 aromatic rings. The van der Waals surface area contributed by atoms with Crippen molar-refractivity contribution in [3.63, 3.8) is 0 Å². The fourth-order valence-corrected chi connectivity index (χ4v) is 0. The Balaban J connectivity index is 0. The third kappa shape index (κ3) is 9.04. The van der Waals surface area contributed by atoms with Crippen molar-refractivity contribution in [3.8, 4) is 0 Å². The maximum atomic E-state index is 0. The number of hydrogen-bond acceptors (Lipinski definition) is 0. The zero-order valence-corrected chi connectivity index (χ0v) is 7.80. The van der Waals surface area contributed by atoms with E-state index in [2.05, 4.69) is 0 Å². The Kier molecular flexibility index (Phi) is 106. The average Bonchev–Trinajstić information content (AvgIpc) is 0. The zero-order valence-electron chi connectivity index (χ0n) is 1.02. The first-order valence-corrected chi connectivity index (χ1v) is 0. The molecule has 0 heterocycles. The van der Waals surface area contributed by atoms with Crippen molar-refractivity contribution in [1.29, 1.82) is 0 Å². The van der Waals surface area contributed by atoms with E-state index in [-0.39, 0.29) is 101 Å². The molecule has 4 heteroatoms. The van der Waals surface area contributed by atoms with Gasteiger partial charge in [-0.15, -0.1) is 0 Å². The summed E-state index contributed by atoms with van der Waals surface area (Å²) >= 11 is 0. The van der Waals surface area contributed by atoms with Crippen molar-refractivity contribution >= 4 is 101 Å². The van der Waals surface area contributed by atoms with Gasteiger partial charge < -0.3 is 0 Å². The van der Waals surface area contributed by atoms with Gasteiger partial charge in [0.1, 0.15) is 0 Å². The third-order valence-corrected chi connectivity index (χ3v) is 0. The molecule has 0 unspecified atom stereocenters. The summed E-state index contributed by atoms with van der Waals surface area (Å²) < 4.78 is 0. The second kappa shape index (κ2) is 16.2. The van der Waals surface area contributed by atoms with Crippen molar-refractivity contribution in [2.45, 2.75) is 0 Å². The molecular formula is H12BiInSb2. The van der Waals surface area contributed by atoms with Crippen LogP contribution in [-0.2, 0) is 0 Å². The SMILES string of the molecule is [Bi+3].[In+3].[SbH6-3].[SbH6-3]. The second-order valence-corrected chi connectivity index (χ2v) is 0. The van der Waals surface area contributed by atoms with E-state index in [0.29, 0.717) is 0 Å². The van der Waals surface area contributed by atoms with Gasteiger partial charge >= 0.3 is 101 Å². The normalized spacial score (nSPS) is 0. The fraction of sp³-hybridized carbons (Fsp3) is 0. The summed E-state index contributed by atoms with van der Waals surface area (Å²) in [6, 6.07) is 0. The molecule has 30 valence electrons. The van der Waals surface area contributed by atoms with E-state index >= 15 is 0 Å². The van der Waals surface area contributed by atoms with Crippen LogP contribution in [0.5, 0.6) is 0 Å². The van der Waals surface area contributed by atoms with Crippen molar-refractivity contribution in [2.24, 2.45) is 0 Å². The summed E-state index contributed by atoms with van der Waals surface area (Å²) in [5, 5.41) is 0. The second-order valence-electron chi connectivity index (χ2n) is 0. The number of rotatable bonds is 0. The molecule has 0 amide bonds. The standard InChI is InChI=1S/Bi.In.2Sb.12H/q2*+3;2*-3;;;;;;;;;;;;. The first-order valence-electron chi connectivity index (χ1n) is 0. The van der Waals surface area contributed by atoms with E-state index < -0.39 is 0 Å². The van der Waals surface area contributed by atoms with Crippen LogP contribution in [0, 0.1) is 0 Å². The van der Waals surface area contributed by atoms with E-state index in [0.717, 1.165) is 0 Å². The molecule has 0 nitrogen and oxygen atoms in total. The molecule has 0 aliphatic heterocycles. The van der Waals surface area contributed by atoms with Crippen LogP contribution in [0.15, 0.2) is 0 Å². The van der Waals surface area contributed by atoms with Gasteiger partial charge in [-0.25, -0.2) is 0 Å². The van der Waals surface area contributed by atoms with Crippen molar-refractivity contribution in [1.82, 2.24) is 0 Å². The van der Waals surface area contributed by atoms with E-state index in [9.17, 15) is 0 Å². The quantitative estimate of drug-likeness (QED) is 0.253. The summed E-state index contributed by atoms with van der Waals surface area (Å²) in [6.07, 6.45) is 0. The molecule has 0 aliphatic carbocycles. The van der Waals surface area contributed by atoms with Crippen molar-refractivity contribution < 1.29 is 0 Å². The molecule has 0 saturated carbocycles. The predicted molar refractivity (Wildman–Crippen MR) is 39.8 cm³/mol. The van der Waals surface area contributed by atoms with Gasteiger partial charge in [-0.1, -0.05) is 0 Å². The molecule has 0 rings (SSSR count). The molecule has 0 aromatic carbocycles. The Morgan fingerprint density at radius 3 is 0.750 bits per heavy atom. The summed E-state index contributed by atoms with van der Waals surface area (Å²) in [5.41, 5.74) is 0. The van der Waals surface area contributed by atoms with Crippen LogP contribution in [0.2, 0.25) is 0 Å². The molecule has 0 N–H and O–H groups in total. The molecule has 0 saturated heterocycles. The molecule has 2 radical (unpaired) electrons. The summed E-state index contributed by atoms with van der Waals surface area (Å²) in [6.45, 7) is 0. The molecule has 0 atom stereocenters. The van der Waals surface area contributed by atoms with E-state index in [1.165, 1.54) is 0 Å². The molecular weight excluding hydrogens is 567 g/mol. The Labute approximate surface area is 98.7 Å². The van der Waals surface area contributed by atoms with Crippen LogP contribution >= 0.6 is 0 Å². The Morgan fingerprint density at radius 2 is 0.750 bits per heavy atom. The van der Waals surface area contributed by atoms with Gasteiger partial charge in [-0.05, 0) is 0 Å². The predicted octanol–water partition coefficient (Wildman–Crippen LogP) is -4.74. The summed E-state index contributed by atoms with van der Waals surface area (Å²) in [5.74, 6) is 0. The van der Waals surface area contributed by atoms with Crippen LogP contribution in [0.3, 0.4) is 0 Å². The van der Waals surface area contributed by atoms with E-state index in [1.807, 2.05) is 0 Å². The van der Waals surface area contributed by atoms with Gasteiger partial charge in [0, 0.05) is 0 Å². The molecule has 0 bridgehead atoms. The Hall–Kier alpha value is 3.39. The van der Waals surface area contributed by atoms with Gasteiger partial charge in [0.05, 0.1) is 0 Å². The summed E-state index contributed by atoms with van der Waals surface area (Å²) in [4.78, 5) is 0. The topological polar surface area (TPSA) is 0 Å². The van der Waals surface area contributed by atoms with Crippen LogP contribution < -0.4 is 0 Å². The van der Waals surface area contributed by atoms with E-state index in [4.69, 9.17) is 0 Å². The average molecular weight is 579 g/mol. The van der Waals surface area contributed by atoms with Crippen LogP contribution in [0.4, 0.5) is 0 Å². The summed E-state index contributed by atoms with van der Waals surface area (Å²) in [7, 11) is 0. The first-order chi connectivity index (χ1) is 0.